The Labute approximate surface area is 139 Å². The molecule has 0 aliphatic carbocycles. The van der Waals surface area contributed by atoms with Crippen LogP contribution in [0.25, 0.3) is 0 Å². The van der Waals surface area contributed by atoms with Gasteiger partial charge in [-0.15, -0.1) is 0 Å². The lowest BCUT2D eigenvalue weighted by Crippen LogP contribution is -2.07. The molecule has 0 fully saturated rings. The minimum Gasteiger partial charge on any atom is -0.378 e. The van der Waals surface area contributed by atoms with Crippen molar-refractivity contribution in [2.45, 2.75) is 6.92 Å². The first kappa shape index (κ1) is 16.1. The fourth-order valence-electron chi connectivity index (χ4n) is 1.77. The number of anilines is 1. The molecule has 1 heterocycles. The third kappa shape index (κ3) is 4.64. The Bertz CT molecular complexity index is 748. The van der Waals surface area contributed by atoms with Crippen LogP contribution in [0.2, 0.25) is 0 Å². The number of rotatable bonds is 1. The van der Waals surface area contributed by atoms with E-state index in [1.807, 2.05) is 45.3 Å². The highest BCUT2D eigenvalue weighted by Crippen LogP contribution is 2.13. The Morgan fingerprint density at radius 2 is 1.82 bits per heavy atom. The summed E-state index contributed by atoms with van der Waals surface area (Å²) in [5, 5.41) is 0. The second-order valence-corrected chi connectivity index (χ2v) is 5.87. The molecule has 112 valence electrons. The van der Waals surface area contributed by atoms with Gasteiger partial charge in [0.25, 0.3) is 0 Å². The molecule has 1 aromatic carbocycles. The highest BCUT2D eigenvalue weighted by atomic mass is 79.9. The van der Waals surface area contributed by atoms with Gasteiger partial charge in [0.1, 0.15) is 0 Å². The molecule has 0 spiro atoms. The van der Waals surface area contributed by atoms with Crippen molar-refractivity contribution in [2.24, 2.45) is 0 Å². The molecule has 0 aliphatic heterocycles. The van der Waals surface area contributed by atoms with E-state index in [1.165, 1.54) is 0 Å². The molecule has 0 unspecified atom stereocenters. The average molecular weight is 356 g/mol. The molecule has 0 radical (unpaired) electrons. The van der Waals surface area contributed by atoms with Gasteiger partial charge in [0.2, 0.25) is 0 Å². The first-order valence-electron chi connectivity index (χ1n) is 6.88. The maximum atomic E-state index is 4.12. The van der Waals surface area contributed by atoms with Crippen molar-refractivity contribution in [3.63, 3.8) is 0 Å². The fraction of sp³-hybridized carbons (Fsp3) is 0.167. The zero-order chi connectivity index (χ0) is 15.9. The van der Waals surface area contributed by atoms with Crippen molar-refractivity contribution in [1.29, 1.82) is 0 Å². The molecule has 1 aromatic heterocycles. The van der Waals surface area contributed by atoms with E-state index in [-0.39, 0.29) is 0 Å². The molecule has 0 amide bonds. The van der Waals surface area contributed by atoms with E-state index in [4.69, 9.17) is 0 Å². The second-order valence-electron chi connectivity index (χ2n) is 5.02. The van der Waals surface area contributed by atoms with Crippen LogP contribution in [-0.2, 0) is 0 Å². The lowest BCUT2D eigenvalue weighted by molar-refractivity contribution is 1.13. The first-order valence-corrected chi connectivity index (χ1v) is 7.68. The number of nitrogens with zero attached hydrogens (tertiary/aromatic N) is 2. The van der Waals surface area contributed by atoms with Gasteiger partial charge in [0.15, 0.2) is 0 Å². The number of H-pyrrole nitrogens is 1. The third-order valence-electron chi connectivity index (χ3n) is 3.06. The summed E-state index contributed by atoms with van der Waals surface area (Å²) in [5.41, 5.74) is 4.02. The Kier molecular flexibility index (Phi) is 5.62. The molecule has 2 aromatic rings. The van der Waals surface area contributed by atoms with Crippen LogP contribution < -0.4 is 4.90 Å². The SMILES string of the molecule is Cc1cc(C#Cc2ccc(N(C)C)cc2)[nH]cnccc1Br. The fourth-order valence-corrected chi connectivity index (χ4v) is 2.00. The number of aryl methyl sites for hydroxylation is 1. The molecule has 2 rings (SSSR count). The van der Waals surface area contributed by atoms with Crippen molar-refractivity contribution in [1.82, 2.24) is 9.97 Å². The number of benzene rings is 1. The van der Waals surface area contributed by atoms with E-state index >= 15 is 0 Å². The van der Waals surface area contributed by atoms with Crippen LogP contribution >= 0.6 is 15.9 Å². The maximum Gasteiger partial charge on any atom is 0.0927 e. The smallest absolute Gasteiger partial charge is 0.0927 e. The maximum absolute atomic E-state index is 4.12. The van der Waals surface area contributed by atoms with E-state index in [2.05, 4.69) is 54.8 Å². The van der Waals surface area contributed by atoms with E-state index in [9.17, 15) is 0 Å². The largest absolute Gasteiger partial charge is 0.378 e. The van der Waals surface area contributed by atoms with Crippen molar-refractivity contribution >= 4 is 21.6 Å². The van der Waals surface area contributed by atoms with E-state index in [1.54, 1.807) is 12.5 Å². The van der Waals surface area contributed by atoms with Gasteiger partial charge < -0.3 is 9.88 Å². The van der Waals surface area contributed by atoms with Gasteiger partial charge in [-0.3, -0.25) is 0 Å². The molecule has 22 heavy (non-hydrogen) atoms. The Morgan fingerprint density at radius 1 is 1.09 bits per heavy atom. The summed E-state index contributed by atoms with van der Waals surface area (Å²) in [7, 11) is 4.04. The quantitative estimate of drug-likeness (QED) is 0.781. The van der Waals surface area contributed by atoms with Crippen LogP contribution in [0.15, 0.2) is 53.4 Å². The highest BCUT2D eigenvalue weighted by molar-refractivity contribution is 9.10. The molecule has 0 saturated heterocycles. The summed E-state index contributed by atoms with van der Waals surface area (Å²) in [5.74, 6) is 6.31. The van der Waals surface area contributed by atoms with Crippen molar-refractivity contribution < 1.29 is 0 Å². The van der Waals surface area contributed by atoms with Gasteiger partial charge >= 0.3 is 0 Å². The Balaban J connectivity index is 2.35. The van der Waals surface area contributed by atoms with E-state index in [0.29, 0.717) is 0 Å². The molecule has 4 heteroatoms. The molecule has 0 aliphatic rings. The molecular formula is C18H18BrN3. The molecule has 0 atom stereocenters. The van der Waals surface area contributed by atoms with Crippen molar-refractivity contribution in [3.8, 4) is 11.8 Å². The van der Waals surface area contributed by atoms with E-state index < -0.39 is 0 Å². The number of aromatic nitrogens is 2. The average Bonchev–Trinajstić information content (AvgIpc) is 2.58. The number of halogens is 1. The molecular weight excluding hydrogens is 338 g/mol. The number of hydrogen-bond donors (Lipinski definition) is 1. The topological polar surface area (TPSA) is 31.9 Å². The summed E-state index contributed by atoms with van der Waals surface area (Å²) in [4.78, 5) is 9.27. The van der Waals surface area contributed by atoms with Crippen LogP contribution in [0.4, 0.5) is 5.69 Å². The highest BCUT2D eigenvalue weighted by Gasteiger charge is 1.94. The van der Waals surface area contributed by atoms with Crippen molar-refractivity contribution in [3.05, 3.63) is 70.2 Å². The lowest BCUT2D eigenvalue weighted by atomic mass is 10.2. The second kappa shape index (κ2) is 7.67. The van der Waals surface area contributed by atoms with Gasteiger partial charge in [-0.2, -0.15) is 0 Å². The normalized spacial score (nSPS) is 9.45. The van der Waals surface area contributed by atoms with Gasteiger partial charge in [-0.25, -0.2) is 4.98 Å². The molecule has 0 saturated carbocycles. The summed E-state index contributed by atoms with van der Waals surface area (Å²) in [6.45, 7) is 2.02. The predicted octanol–water partition coefficient (Wildman–Crippen LogP) is 4.07. The van der Waals surface area contributed by atoms with Crippen LogP contribution in [0, 0.1) is 18.8 Å². The van der Waals surface area contributed by atoms with Crippen molar-refractivity contribution in [2.75, 3.05) is 19.0 Å². The monoisotopic (exact) mass is 355 g/mol. The summed E-state index contributed by atoms with van der Waals surface area (Å²) in [6, 6.07) is 12.1. The Hall–Kier alpha value is -2.25. The predicted molar refractivity (Wildman–Crippen MR) is 95.4 cm³/mol. The zero-order valence-electron chi connectivity index (χ0n) is 12.9. The minimum absolute atomic E-state index is 0.804. The Morgan fingerprint density at radius 3 is 2.50 bits per heavy atom. The van der Waals surface area contributed by atoms with Gasteiger partial charge in [0, 0.05) is 36.0 Å². The van der Waals surface area contributed by atoms with Crippen LogP contribution in [0.1, 0.15) is 16.8 Å². The van der Waals surface area contributed by atoms with Gasteiger partial charge in [-0.05, 0) is 54.8 Å². The number of hydrogen-bond acceptors (Lipinski definition) is 2. The number of nitrogens with one attached hydrogen (secondary N) is 1. The summed E-state index contributed by atoms with van der Waals surface area (Å²) >= 11 is 3.51. The lowest BCUT2D eigenvalue weighted by Gasteiger charge is -2.11. The van der Waals surface area contributed by atoms with Crippen LogP contribution in [-0.4, -0.2) is 24.1 Å². The summed E-state index contributed by atoms with van der Waals surface area (Å²) < 4.78 is 0.989. The van der Waals surface area contributed by atoms with Gasteiger partial charge in [-0.1, -0.05) is 21.9 Å². The number of aromatic amines is 1. The molecule has 1 N–H and O–H groups in total. The minimum atomic E-state index is 0.804. The van der Waals surface area contributed by atoms with E-state index in [0.717, 1.165) is 27.0 Å². The first-order chi connectivity index (χ1) is 10.6. The van der Waals surface area contributed by atoms with Crippen LogP contribution in [0.5, 0.6) is 0 Å². The zero-order valence-corrected chi connectivity index (χ0v) is 14.5. The standard InChI is InChI=1S/C18H18BrN3/c1-14-12-16(21-13-20-11-10-18(14)19)7-4-15-5-8-17(9-6-15)22(2)3/h5-6,8-13H,1-3H3,(H,20,21). The molecule has 0 bridgehead atoms. The van der Waals surface area contributed by atoms with Crippen LogP contribution in [0.3, 0.4) is 0 Å². The van der Waals surface area contributed by atoms with Gasteiger partial charge in [0.05, 0.1) is 12.0 Å². The third-order valence-corrected chi connectivity index (χ3v) is 3.95. The molecule has 3 nitrogen and oxygen atoms in total. The summed E-state index contributed by atoms with van der Waals surface area (Å²) in [6.07, 6.45) is 3.36.